The molecule has 154 valence electrons. The first kappa shape index (κ1) is 22.5. The Morgan fingerprint density at radius 2 is 1.66 bits per heavy atom. The molecule has 0 atom stereocenters. The molecule has 10 heteroatoms. The Morgan fingerprint density at radius 1 is 1.00 bits per heavy atom. The van der Waals surface area contributed by atoms with Gasteiger partial charge in [0.25, 0.3) is 0 Å². The maximum absolute atomic E-state index is 11.9. The van der Waals surface area contributed by atoms with Crippen LogP contribution in [0.4, 0.5) is 5.69 Å². The van der Waals surface area contributed by atoms with Gasteiger partial charge in [0.2, 0.25) is 15.9 Å². The number of carbonyl (C=O) groups is 2. The van der Waals surface area contributed by atoms with Crippen LogP contribution in [-0.4, -0.2) is 32.0 Å². The lowest BCUT2D eigenvalue weighted by Gasteiger charge is -2.10. The van der Waals surface area contributed by atoms with Crippen molar-refractivity contribution < 1.29 is 22.7 Å². The van der Waals surface area contributed by atoms with E-state index in [9.17, 15) is 18.0 Å². The Bertz CT molecular complexity index is 961. The maximum Gasteiger partial charge on any atom is 0.306 e. The molecule has 0 aliphatic heterocycles. The summed E-state index contributed by atoms with van der Waals surface area (Å²) in [5, 5.41) is 10.2. The Morgan fingerprint density at radius 3 is 2.28 bits per heavy atom. The van der Waals surface area contributed by atoms with Crippen LogP contribution in [0.25, 0.3) is 0 Å². The van der Waals surface area contributed by atoms with Crippen molar-refractivity contribution >= 4 is 44.9 Å². The van der Waals surface area contributed by atoms with E-state index in [1.807, 2.05) is 30.3 Å². The van der Waals surface area contributed by atoms with Crippen molar-refractivity contribution in [1.29, 1.82) is 0 Å². The lowest BCUT2D eigenvalue weighted by Crippen LogP contribution is -2.34. The molecular formula is C19H21N3O5S2. The van der Waals surface area contributed by atoms with Gasteiger partial charge in [-0.1, -0.05) is 30.3 Å². The minimum atomic E-state index is -3.78. The van der Waals surface area contributed by atoms with E-state index in [4.69, 9.17) is 22.1 Å². The van der Waals surface area contributed by atoms with Crippen LogP contribution in [0, 0.1) is 0 Å². The number of sulfonamides is 1. The summed E-state index contributed by atoms with van der Waals surface area (Å²) in [4.78, 5) is 23.6. The van der Waals surface area contributed by atoms with E-state index in [1.54, 1.807) is 0 Å². The third kappa shape index (κ3) is 8.38. The van der Waals surface area contributed by atoms with Gasteiger partial charge < -0.3 is 15.4 Å². The zero-order valence-electron chi connectivity index (χ0n) is 15.5. The summed E-state index contributed by atoms with van der Waals surface area (Å²) in [7, 11) is -3.78. The van der Waals surface area contributed by atoms with Crippen molar-refractivity contribution in [2.75, 3.05) is 11.9 Å². The quantitative estimate of drug-likeness (QED) is 0.425. The number of rotatable bonds is 8. The Labute approximate surface area is 174 Å². The average molecular weight is 436 g/mol. The summed E-state index contributed by atoms with van der Waals surface area (Å²) in [6.45, 7) is 0.249. The van der Waals surface area contributed by atoms with Crippen LogP contribution in [0.1, 0.15) is 18.4 Å². The molecule has 2 rings (SSSR count). The lowest BCUT2D eigenvalue weighted by atomic mass is 10.2. The number of thiocarbonyl (C=S) groups is 1. The minimum Gasteiger partial charge on any atom is -0.465 e. The summed E-state index contributed by atoms with van der Waals surface area (Å²) in [6.07, 6.45) is 0.472. The summed E-state index contributed by atoms with van der Waals surface area (Å²) >= 11 is 5.02. The number of ether oxygens (including phenoxy) is 1. The smallest absolute Gasteiger partial charge is 0.306 e. The second-order valence-electron chi connectivity index (χ2n) is 6.03. The molecule has 0 heterocycles. The van der Waals surface area contributed by atoms with Crippen LogP contribution in [0.3, 0.4) is 0 Å². The lowest BCUT2D eigenvalue weighted by molar-refractivity contribution is -0.144. The van der Waals surface area contributed by atoms with E-state index in [2.05, 4.69) is 10.6 Å². The highest BCUT2D eigenvalue weighted by Crippen LogP contribution is 2.12. The number of esters is 1. The minimum absolute atomic E-state index is 0.0239. The second-order valence-corrected chi connectivity index (χ2v) is 8.00. The maximum atomic E-state index is 11.9. The highest BCUT2D eigenvalue weighted by Gasteiger charge is 2.11. The van der Waals surface area contributed by atoms with Gasteiger partial charge in [-0.15, -0.1) is 0 Å². The number of amides is 1. The third-order valence-corrected chi connectivity index (χ3v) is 4.88. The van der Waals surface area contributed by atoms with Crippen molar-refractivity contribution in [3.63, 3.8) is 0 Å². The Balaban J connectivity index is 1.67. The van der Waals surface area contributed by atoms with Crippen molar-refractivity contribution in [3.05, 3.63) is 60.2 Å². The van der Waals surface area contributed by atoms with Crippen molar-refractivity contribution in [2.45, 2.75) is 24.2 Å². The molecule has 2 aromatic rings. The first-order valence-electron chi connectivity index (χ1n) is 8.67. The zero-order chi connectivity index (χ0) is 21.3. The monoisotopic (exact) mass is 435 g/mol. The molecule has 0 aliphatic rings. The standard InChI is InChI=1S/C19H21N3O5S2/c20-29(25,26)16-8-6-15(7-9-16)21-19(28)22-17(23)10-11-18(24)27-13-12-14-4-2-1-3-5-14/h1-9H,10-13H2,(H2,20,25,26)(H2,21,22,23,28). The number of benzene rings is 2. The molecule has 0 fully saturated rings. The van der Waals surface area contributed by atoms with Crippen LogP contribution >= 0.6 is 12.2 Å². The molecule has 29 heavy (non-hydrogen) atoms. The molecule has 4 N–H and O–H groups in total. The van der Waals surface area contributed by atoms with Crippen molar-refractivity contribution in [2.24, 2.45) is 5.14 Å². The Kier molecular flexibility index (Phi) is 8.25. The molecular weight excluding hydrogens is 414 g/mol. The highest BCUT2D eigenvalue weighted by molar-refractivity contribution is 7.89. The van der Waals surface area contributed by atoms with Gasteiger partial charge in [-0.3, -0.25) is 9.59 Å². The van der Waals surface area contributed by atoms with Gasteiger partial charge in [0.15, 0.2) is 5.11 Å². The third-order valence-electron chi connectivity index (χ3n) is 3.75. The van der Waals surface area contributed by atoms with Crippen LogP contribution in [0.5, 0.6) is 0 Å². The predicted octanol–water partition coefficient (Wildman–Crippen LogP) is 1.71. The molecule has 0 saturated carbocycles. The van der Waals surface area contributed by atoms with E-state index in [-0.39, 0.29) is 29.5 Å². The molecule has 0 spiro atoms. The van der Waals surface area contributed by atoms with E-state index >= 15 is 0 Å². The molecule has 8 nitrogen and oxygen atoms in total. The number of nitrogens with one attached hydrogen (secondary N) is 2. The number of hydrogen-bond donors (Lipinski definition) is 3. The summed E-state index contributed by atoms with van der Waals surface area (Å²) in [5.41, 5.74) is 1.54. The topological polar surface area (TPSA) is 128 Å². The molecule has 0 radical (unpaired) electrons. The van der Waals surface area contributed by atoms with Gasteiger partial charge in [0.05, 0.1) is 17.9 Å². The molecule has 0 saturated heterocycles. The SMILES string of the molecule is NS(=O)(=O)c1ccc(NC(=S)NC(=O)CCC(=O)OCCc2ccccc2)cc1. The van der Waals surface area contributed by atoms with Crippen LogP contribution < -0.4 is 15.8 Å². The first-order valence-corrected chi connectivity index (χ1v) is 10.6. The van der Waals surface area contributed by atoms with E-state index in [0.29, 0.717) is 12.1 Å². The second kappa shape index (κ2) is 10.6. The van der Waals surface area contributed by atoms with Gasteiger partial charge in [-0.2, -0.15) is 0 Å². The van der Waals surface area contributed by atoms with Crippen LogP contribution in [0.15, 0.2) is 59.5 Å². The molecule has 0 aliphatic carbocycles. The molecule has 2 aromatic carbocycles. The van der Waals surface area contributed by atoms with Gasteiger partial charge >= 0.3 is 5.97 Å². The zero-order valence-corrected chi connectivity index (χ0v) is 17.1. The van der Waals surface area contributed by atoms with Gasteiger partial charge in [0.1, 0.15) is 0 Å². The van der Waals surface area contributed by atoms with E-state index < -0.39 is 21.9 Å². The van der Waals surface area contributed by atoms with Crippen LogP contribution in [0.2, 0.25) is 0 Å². The fraction of sp³-hybridized carbons (Fsp3) is 0.211. The summed E-state index contributed by atoms with van der Waals surface area (Å²) in [5.74, 6) is -0.905. The van der Waals surface area contributed by atoms with Gasteiger partial charge in [-0.25, -0.2) is 13.6 Å². The first-order chi connectivity index (χ1) is 13.7. The van der Waals surface area contributed by atoms with Gasteiger partial charge in [-0.05, 0) is 42.0 Å². The molecule has 0 unspecified atom stereocenters. The average Bonchev–Trinajstić information content (AvgIpc) is 2.67. The fourth-order valence-electron chi connectivity index (χ4n) is 2.29. The predicted molar refractivity (Wildman–Crippen MR) is 113 cm³/mol. The normalized spacial score (nSPS) is 10.8. The molecule has 0 bridgehead atoms. The summed E-state index contributed by atoms with van der Waals surface area (Å²) in [6, 6.07) is 15.2. The fourth-order valence-corrected chi connectivity index (χ4v) is 3.04. The van der Waals surface area contributed by atoms with Crippen LogP contribution in [-0.2, 0) is 30.8 Å². The van der Waals surface area contributed by atoms with Gasteiger partial charge in [0, 0.05) is 18.5 Å². The number of carbonyl (C=O) groups excluding carboxylic acids is 2. The van der Waals surface area contributed by atoms with Crippen molar-refractivity contribution in [1.82, 2.24) is 5.32 Å². The largest absolute Gasteiger partial charge is 0.465 e. The molecule has 0 aromatic heterocycles. The number of hydrogen-bond acceptors (Lipinski definition) is 6. The van der Waals surface area contributed by atoms with Crippen molar-refractivity contribution in [3.8, 4) is 0 Å². The number of nitrogens with two attached hydrogens (primary N) is 1. The number of anilines is 1. The highest BCUT2D eigenvalue weighted by atomic mass is 32.2. The van der Waals surface area contributed by atoms with E-state index in [0.717, 1.165) is 5.56 Å². The van der Waals surface area contributed by atoms with E-state index in [1.165, 1.54) is 24.3 Å². The number of primary sulfonamides is 1. The molecule has 1 amide bonds. The Hall–Kier alpha value is -2.82. The summed E-state index contributed by atoms with van der Waals surface area (Å²) < 4.78 is 27.5.